The Hall–Kier alpha value is -2.28. The normalized spacial score (nSPS) is 11.6. The van der Waals surface area contributed by atoms with Gasteiger partial charge in [0.1, 0.15) is 11.5 Å². The Morgan fingerprint density at radius 3 is 2.12 bits per heavy atom. The van der Waals surface area contributed by atoms with Gasteiger partial charge < -0.3 is 19.7 Å². The molecule has 0 saturated carbocycles. The smallest absolute Gasteiger partial charge is 0.450 e. The molecule has 0 bridgehead atoms. The SMILES string of the molecule is COc1cc(C#Cc2cnc(C(O)(O)C(F)(F)F)s2)cc(OC)c1. The molecule has 2 N–H and O–H groups in total. The maximum absolute atomic E-state index is 12.5. The van der Waals surface area contributed by atoms with E-state index in [0.29, 0.717) is 28.4 Å². The molecule has 0 saturated heterocycles. The highest BCUT2D eigenvalue weighted by Crippen LogP contribution is 2.38. The predicted octanol–water partition coefficient (Wildman–Crippen LogP) is 2.26. The van der Waals surface area contributed by atoms with Gasteiger partial charge in [-0.1, -0.05) is 5.92 Å². The van der Waals surface area contributed by atoms with E-state index in [1.54, 1.807) is 18.2 Å². The molecular weight excluding hydrogens is 347 g/mol. The van der Waals surface area contributed by atoms with Crippen molar-refractivity contribution >= 4 is 11.3 Å². The highest BCUT2D eigenvalue weighted by atomic mass is 32.1. The van der Waals surface area contributed by atoms with Gasteiger partial charge in [0.05, 0.1) is 25.3 Å². The third-order valence-corrected chi connectivity index (χ3v) is 3.89. The predicted molar refractivity (Wildman–Crippen MR) is 79.8 cm³/mol. The van der Waals surface area contributed by atoms with Gasteiger partial charge in [0.2, 0.25) is 0 Å². The highest BCUT2D eigenvalue weighted by Gasteiger charge is 2.56. The molecule has 0 radical (unpaired) electrons. The maximum atomic E-state index is 12.5. The van der Waals surface area contributed by atoms with Crippen LogP contribution in [0.5, 0.6) is 11.5 Å². The van der Waals surface area contributed by atoms with Crippen LogP contribution in [-0.2, 0) is 5.79 Å². The van der Waals surface area contributed by atoms with E-state index < -0.39 is 17.0 Å². The summed E-state index contributed by atoms with van der Waals surface area (Å²) in [6, 6.07) is 4.89. The first kappa shape index (κ1) is 18.1. The molecule has 0 amide bonds. The first-order chi connectivity index (χ1) is 11.2. The number of ether oxygens (including phenoxy) is 2. The van der Waals surface area contributed by atoms with Crippen molar-refractivity contribution in [3.05, 3.63) is 39.8 Å². The molecule has 2 rings (SSSR count). The molecule has 128 valence electrons. The molecule has 0 fully saturated rings. The van der Waals surface area contributed by atoms with Crippen LogP contribution in [0, 0.1) is 11.8 Å². The summed E-state index contributed by atoms with van der Waals surface area (Å²) in [5, 5.41) is 17.4. The fraction of sp³-hybridized carbons (Fsp3) is 0.267. The van der Waals surface area contributed by atoms with Gasteiger partial charge in [0.15, 0.2) is 5.01 Å². The minimum Gasteiger partial charge on any atom is -0.497 e. The summed E-state index contributed by atoms with van der Waals surface area (Å²) < 4.78 is 47.8. The van der Waals surface area contributed by atoms with Gasteiger partial charge in [-0.3, -0.25) is 0 Å². The topological polar surface area (TPSA) is 71.8 Å². The van der Waals surface area contributed by atoms with Crippen molar-refractivity contribution in [3.63, 3.8) is 0 Å². The van der Waals surface area contributed by atoms with E-state index in [0.717, 1.165) is 6.20 Å². The lowest BCUT2D eigenvalue weighted by Gasteiger charge is -2.21. The molecule has 5 nitrogen and oxygen atoms in total. The molecule has 0 atom stereocenters. The Balaban J connectivity index is 2.30. The second-order valence-corrected chi connectivity index (χ2v) is 5.58. The lowest BCUT2D eigenvalue weighted by Crippen LogP contribution is -2.41. The summed E-state index contributed by atoms with van der Waals surface area (Å²) in [7, 11) is 2.95. The highest BCUT2D eigenvalue weighted by molar-refractivity contribution is 7.12. The average Bonchev–Trinajstić information content (AvgIpc) is 3.01. The summed E-state index contributed by atoms with van der Waals surface area (Å²) >= 11 is 0.439. The van der Waals surface area contributed by atoms with Gasteiger partial charge in [-0.2, -0.15) is 13.2 Å². The summed E-state index contributed by atoms with van der Waals surface area (Å²) in [6.07, 6.45) is -4.22. The zero-order chi connectivity index (χ0) is 18.0. The van der Waals surface area contributed by atoms with Crippen LogP contribution in [0.4, 0.5) is 13.2 Å². The maximum Gasteiger partial charge on any atom is 0.450 e. The zero-order valence-electron chi connectivity index (χ0n) is 12.5. The lowest BCUT2D eigenvalue weighted by molar-refractivity contribution is -0.358. The standard InChI is InChI=1S/C15H12F3NO4S/c1-22-10-5-9(6-11(7-10)23-2)3-4-12-8-19-13(24-12)14(20,21)15(16,17)18/h5-8,20-21H,1-2H3. The number of rotatable bonds is 3. The van der Waals surface area contributed by atoms with Crippen LogP contribution in [-0.4, -0.2) is 35.6 Å². The lowest BCUT2D eigenvalue weighted by atomic mass is 10.2. The molecular formula is C15H12F3NO4S. The summed E-state index contributed by atoms with van der Waals surface area (Å²) in [5.41, 5.74) is 0.510. The molecule has 0 spiro atoms. The third kappa shape index (κ3) is 3.79. The van der Waals surface area contributed by atoms with E-state index >= 15 is 0 Å². The van der Waals surface area contributed by atoms with Gasteiger partial charge in [0, 0.05) is 11.6 Å². The van der Waals surface area contributed by atoms with E-state index in [1.807, 2.05) is 0 Å². The largest absolute Gasteiger partial charge is 0.497 e. The van der Waals surface area contributed by atoms with Gasteiger partial charge in [-0.25, -0.2) is 4.98 Å². The molecule has 0 aliphatic carbocycles. The second kappa shape index (κ2) is 6.68. The molecule has 0 aliphatic heterocycles. The van der Waals surface area contributed by atoms with E-state index in [1.165, 1.54) is 14.2 Å². The van der Waals surface area contributed by atoms with Crippen LogP contribution in [0.2, 0.25) is 0 Å². The number of aliphatic hydroxyl groups is 2. The molecule has 1 aromatic heterocycles. The summed E-state index contributed by atoms with van der Waals surface area (Å²) in [6.45, 7) is 0. The second-order valence-electron chi connectivity index (χ2n) is 4.55. The number of hydrogen-bond acceptors (Lipinski definition) is 6. The molecule has 1 aromatic carbocycles. The Morgan fingerprint density at radius 1 is 1.04 bits per heavy atom. The number of hydrogen-bond donors (Lipinski definition) is 2. The van der Waals surface area contributed by atoms with Crippen molar-refractivity contribution in [1.82, 2.24) is 4.98 Å². The number of thiazole rings is 1. The van der Waals surface area contributed by atoms with Gasteiger partial charge in [-0.05, 0) is 18.1 Å². The van der Waals surface area contributed by atoms with Crippen LogP contribution in [0.3, 0.4) is 0 Å². The minimum atomic E-state index is -5.25. The molecule has 24 heavy (non-hydrogen) atoms. The number of benzene rings is 1. The van der Waals surface area contributed by atoms with Crippen LogP contribution in [0.1, 0.15) is 15.4 Å². The van der Waals surface area contributed by atoms with E-state index in [-0.39, 0.29) is 4.88 Å². The number of nitrogens with zero attached hydrogens (tertiary/aromatic N) is 1. The number of methoxy groups -OCH3 is 2. The minimum absolute atomic E-state index is 0.142. The number of aromatic nitrogens is 1. The van der Waals surface area contributed by atoms with Crippen LogP contribution in [0.15, 0.2) is 24.4 Å². The van der Waals surface area contributed by atoms with Gasteiger partial charge >= 0.3 is 12.0 Å². The molecule has 1 heterocycles. The first-order valence-electron chi connectivity index (χ1n) is 6.40. The van der Waals surface area contributed by atoms with Crippen molar-refractivity contribution in [2.24, 2.45) is 0 Å². The fourth-order valence-electron chi connectivity index (χ4n) is 1.63. The van der Waals surface area contributed by atoms with Gasteiger partial charge in [0.25, 0.3) is 0 Å². The summed E-state index contributed by atoms with van der Waals surface area (Å²) in [4.78, 5) is 3.52. The van der Waals surface area contributed by atoms with E-state index in [2.05, 4.69) is 16.8 Å². The fourth-order valence-corrected chi connectivity index (χ4v) is 2.41. The molecule has 9 heteroatoms. The third-order valence-electron chi connectivity index (χ3n) is 2.88. The van der Waals surface area contributed by atoms with Crippen molar-refractivity contribution in [3.8, 4) is 23.3 Å². The number of alkyl halides is 3. The van der Waals surface area contributed by atoms with Crippen molar-refractivity contribution in [2.45, 2.75) is 12.0 Å². The Labute approximate surface area is 139 Å². The van der Waals surface area contributed by atoms with Crippen LogP contribution < -0.4 is 9.47 Å². The quantitative estimate of drug-likeness (QED) is 0.650. The monoisotopic (exact) mass is 359 g/mol. The Kier molecular flexibility index (Phi) is 5.03. The van der Waals surface area contributed by atoms with E-state index in [4.69, 9.17) is 19.7 Å². The Morgan fingerprint density at radius 2 is 1.62 bits per heavy atom. The zero-order valence-corrected chi connectivity index (χ0v) is 13.3. The Bertz CT molecular complexity index is 768. The molecule has 2 aromatic rings. The summed E-state index contributed by atoms with van der Waals surface area (Å²) in [5.74, 6) is 2.35. The average molecular weight is 359 g/mol. The molecule has 0 unspecified atom stereocenters. The first-order valence-corrected chi connectivity index (χ1v) is 7.22. The number of halogens is 3. The van der Waals surface area contributed by atoms with Crippen LogP contribution >= 0.6 is 11.3 Å². The van der Waals surface area contributed by atoms with Crippen molar-refractivity contribution in [2.75, 3.05) is 14.2 Å². The van der Waals surface area contributed by atoms with E-state index in [9.17, 15) is 13.2 Å². The molecule has 0 aliphatic rings. The van der Waals surface area contributed by atoms with Gasteiger partial charge in [-0.15, -0.1) is 11.3 Å². The van der Waals surface area contributed by atoms with Crippen molar-refractivity contribution < 1.29 is 32.9 Å². The van der Waals surface area contributed by atoms with Crippen molar-refractivity contribution in [1.29, 1.82) is 0 Å². The van der Waals surface area contributed by atoms with Crippen LogP contribution in [0.25, 0.3) is 0 Å².